The smallest absolute Gasteiger partial charge is 0.261 e. The quantitative estimate of drug-likeness (QED) is 0.389. The molecule has 10 nitrogen and oxygen atoms in total. The zero-order valence-corrected chi connectivity index (χ0v) is 23.4. The van der Waals surface area contributed by atoms with Crippen LogP contribution in [0.3, 0.4) is 0 Å². The summed E-state index contributed by atoms with van der Waals surface area (Å²) < 4.78 is 31.5. The Kier molecular flexibility index (Phi) is 7.92. The lowest BCUT2D eigenvalue weighted by Gasteiger charge is -2.33. The summed E-state index contributed by atoms with van der Waals surface area (Å²) in [5, 5.41) is 5.39. The van der Waals surface area contributed by atoms with Crippen molar-refractivity contribution in [1.29, 1.82) is 0 Å². The maximum absolute atomic E-state index is 14.1. The number of nitrogens with zero attached hydrogens (tertiary/aromatic N) is 1. The van der Waals surface area contributed by atoms with Crippen molar-refractivity contribution in [2.75, 3.05) is 33.5 Å². The lowest BCUT2D eigenvalue weighted by atomic mass is 9.86. The van der Waals surface area contributed by atoms with Gasteiger partial charge in [-0.2, -0.15) is 0 Å². The summed E-state index contributed by atoms with van der Waals surface area (Å²) in [5.41, 5.74) is 2.50. The average molecular weight is 588 g/mol. The van der Waals surface area contributed by atoms with Gasteiger partial charge in [-0.05, 0) is 29.8 Å². The van der Waals surface area contributed by atoms with Gasteiger partial charge in [-0.3, -0.25) is 24.1 Å². The van der Waals surface area contributed by atoms with Gasteiger partial charge in [0, 0.05) is 31.1 Å². The van der Waals surface area contributed by atoms with Crippen molar-refractivity contribution < 1.29 is 37.8 Å². The van der Waals surface area contributed by atoms with E-state index in [9.17, 15) is 23.6 Å². The van der Waals surface area contributed by atoms with Gasteiger partial charge >= 0.3 is 0 Å². The maximum Gasteiger partial charge on any atom is 0.261 e. The number of rotatable bonds is 8. The summed E-state index contributed by atoms with van der Waals surface area (Å²) in [7, 11) is 1.47. The molecule has 2 unspecified atom stereocenters. The molecule has 0 aromatic heterocycles. The van der Waals surface area contributed by atoms with Crippen molar-refractivity contribution in [2.45, 2.75) is 30.8 Å². The van der Waals surface area contributed by atoms with E-state index in [-0.39, 0.29) is 48.4 Å². The molecular formula is C32H30FN3O7. The number of amides is 4. The maximum atomic E-state index is 14.1. The zero-order valence-electron chi connectivity index (χ0n) is 23.4. The van der Waals surface area contributed by atoms with Crippen molar-refractivity contribution in [2.24, 2.45) is 0 Å². The van der Waals surface area contributed by atoms with E-state index in [0.717, 1.165) is 5.56 Å². The third-order valence-corrected chi connectivity index (χ3v) is 7.94. The van der Waals surface area contributed by atoms with Gasteiger partial charge in [0.05, 0.1) is 41.9 Å². The molecule has 0 saturated carbocycles. The Hall–Kier alpha value is -4.61. The fourth-order valence-electron chi connectivity index (χ4n) is 5.84. The second-order valence-electron chi connectivity index (χ2n) is 10.5. The average Bonchev–Trinajstić information content (AvgIpc) is 3.55. The Balaban J connectivity index is 1.10. The molecule has 2 N–H and O–H groups in total. The van der Waals surface area contributed by atoms with Crippen LogP contribution in [0.15, 0.2) is 66.7 Å². The van der Waals surface area contributed by atoms with Crippen LogP contribution in [0.2, 0.25) is 0 Å². The third kappa shape index (κ3) is 5.26. The van der Waals surface area contributed by atoms with E-state index >= 15 is 0 Å². The normalized spacial score (nSPS) is 22.5. The number of benzene rings is 3. The van der Waals surface area contributed by atoms with E-state index in [1.807, 2.05) is 30.3 Å². The third-order valence-electron chi connectivity index (χ3n) is 7.94. The van der Waals surface area contributed by atoms with Crippen molar-refractivity contribution in [3.05, 3.63) is 100 Å². The number of hydrogen-bond donors (Lipinski definition) is 2. The van der Waals surface area contributed by atoms with E-state index in [0.29, 0.717) is 23.1 Å². The Bertz CT molecular complexity index is 1540. The van der Waals surface area contributed by atoms with Crippen LogP contribution in [0.4, 0.5) is 4.39 Å². The minimum Gasteiger partial charge on any atom is -0.486 e. The van der Waals surface area contributed by atoms with Crippen LogP contribution in [0.1, 0.15) is 64.9 Å². The number of fused-ring (bicyclic) bond motifs is 2. The first-order valence-corrected chi connectivity index (χ1v) is 14.1. The van der Waals surface area contributed by atoms with Crippen LogP contribution in [-0.2, 0) is 9.47 Å². The lowest BCUT2D eigenvalue weighted by molar-refractivity contribution is -0.198. The molecule has 11 heteroatoms. The highest BCUT2D eigenvalue weighted by Gasteiger charge is 2.42. The van der Waals surface area contributed by atoms with Gasteiger partial charge in [-0.15, -0.1) is 0 Å². The number of halogens is 1. The van der Waals surface area contributed by atoms with E-state index in [2.05, 4.69) is 10.6 Å². The molecule has 0 spiro atoms. The molecular weight excluding hydrogens is 557 g/mol. The number of hydrogen-bond acceptors (Lipinski definition) is 7. The molecule has 222 valence electrons. The Morgan fingerprint density at radius 3 is 2.21 bits per heavy atom. The highest BCUT2D eigenvalue weighted by molar-refractivity contribution is 6.21. The van der Waals surface area contributed by atoms with Crippen molar-refractivity contribution >= 4 is 23.6 Å². The SMILES string of the molecule is CNC(=O)c1cc(C(=O)NCCC2OCC(N3C(=O)c4ccccc4C3=O)CO2)cc2c1OC(CF)C2c1ccccc1. The van der Waals surface area contributed by atoms with Crippen molar-refractivity contribution in [3.8, 4) is 5.75 Å². The van der Waals surface area contributed by atoms with E-state index < -0.39 is 42.8 Å². The van der Waals surface area contributed by atoms with Gasteiger partial charge in [0.25, 0.3) is 23.6 Å². The zero-order chi connectivity index (χ0) is 30.1. The highest BCUT2D eigenvalue weighted by Crippen LogP contribution is 2.45. The van der Waals surface area contributed by atoms with Gasteiger partial charge in [-0.1, -0.05) is 42.5 Å². The largest absolute Gasteiger partial charge is 0.486 e. The summed E-state index contributed by atoms with van der Waals surface area (Å²) in [4.78, 5) is 52.7. The number of ether oxygens (including phenoxy) is 3. The van der Waals surface area contributed by atoms with E-state index in [1.54, 1.807) is 30.3 Å². The molecule has 0 bridgehead atoms. The Labute approximate surface area is 247 Å². The number of nitrogens with one attached hydrogen (secondary N) is 2. The first-order valence-electron chi connectivity index (χ1n) is 14.1. The molecule has 3 aliphatic heterocycles. The second kappa shape index (κ2) is 11.9. The molecule has 2 atom stereocenters. The van der Waals surface area contributed by atoms with E-state index in [1.165, 1.54) is 18.0 Å². The van der Waals surface area contributed by atoms with Gasteiger partial charge in [0.1, 0.15) is 18.5 Å². The molecule has 0 aliphatic carbocycles. The minimum atomic E-state index is -0.830. The molecule has 3 aromatic rings. The molecule has 3 aliphatic rings. The summed E-state index contributed by atoms with van der Waals surface area (Å²) >= 11 is 0. The number of alkyl halides is 1. The van der Waals surface area contributed by atoms with Gasteiger partial charge < -0.3 is 24.8 Å². The van der Waals surface area contributed by atoms with Crippen LogP contribution in [0, 0.1) is 0 Å². The van der Waals surface area contributed by atoms with Crippen LogP contribution in [-0.4, -0.2) is 80.4 Å². The molecule has 43 heavy (non-hydrogen) atoms. The molecule has 1 fully saturated rings. The van der Waals surface area contributed by atoms with Gasteiger partial charge in [0.15, 0.2) is 6.29 Å². The van der Waals surface area contributed by atoms with Crippen LogP contribution in [0.5, 0.6) is 5.75 Å². The summed E-state index contributed by atoms with van der Waals surface area (Å²) in [5.74, 6) is -1.84. The monoisotopic (exact) mass is 587 g/mol. The predicted octanol–water partition coefficient (Wildman–Crippen LogP) is 3.07. The van der Waals surface area contributed by atoms with Gasteiger partial charge in [-0.25, -0.2) is 4.39 Å². The first kappa shape index (κ1) is 28.5. The highest BCUT2D eigenvalue weighted by atomic mass is 19.1. The topological polar surface area (TPSA) is 123 Å². The lowest BCUT2D eigenvalue weighted by Crippen LogP contribution is -2.50. The Morgan fingerprint density at radius 1 is 0.930 bits per heavy atom. The van der Waals surface area contributed by atoms with E-state index in [4.69, 9.17) is 14.2 Å². The number of carbonyl (C=O) groups excluding carboxylic acids is 4. The first-order chi connectivity index (χ1) is 20.9. The molecule has 3 aromatic carbocycles. The molecule has 0 radical (unpaired) electrons. The fourth-order valence-corrected chi connectivity index (χ4v) is 5.84. The van der Waals surface area contributed by atoms with Crippen molar-refractivity contribution in [3.63, 3.8) is 0 Å². The van der Waals surface area contributed by atoms with Crippen LogP contribution < -0.4 is 15.4 Å². The second-order valence-corrected chi connectivity index (χ2v) is 10.5. The summed E-state index contributed by atoms with van der Waals surface area (Å²) in [6, 6.07) is 18.5. The standard InChI is InChI=1S/C32H30FN3O7/c1-34-30(38)24-14-19(13-23-27(18-7-3-2-4-8-18)25(15-33)43-28(23)24)29(37)35-12-11-26-41-16-20(17-42-26)36-31(39)21-9-5-6-10-22(21)32(36)40/h2-10,13-14,20,25-27H,11-12,15-17H2,1H3,(H,34,38)(H,35,37). The van der Waals surface area contributed by atoms with Crippen LogP contribution >= 0.6 is 0 Å². The number of imide groups is 1. The molecule has 3 heterocycles. The molecule has 4 amide bonds. The summed E-state index contributed by atoms with van der Waals surface area (Å²) in [6.07, 6.45) is -1.16. The Morgan fingerprint density at radius 2 is 1.58 bits per heavy atom. The predicted molar refractivity (Wildman–Crippen MR) is 152 cm³/mol. The minimum absolute atomic E-state index is 0.112. The molecule has 1 saturated heterocycles. The summed E-state index contributed by atoms with van der Waals surface area (Å²) in [6.45, 7) is -0.348. The van der Waals surface area contributed by atoms with Gasteiger partial charge in [0.2, 0.25) is 0 Å². The van der Waals surface area contributed by atoms with Crippen molar-refractivity contribution in [1.82, 2.24) is 15.5 Å². The number of carbonyl (C=O) groups is 4. The van der Waals surface area contributed by atoms with Crippen LogP contribution in [0.25, 0.3) is 0 Å². The fraction of sp³-hybridized carbons (Fsp3) is 0.312. The molecule has 6 rings (SSSR count).